The second-order valence-corrected chi connectivity index (χ2v) is 0. The molecule has 0 fully saturated rings. The molecule has 0 heterocycles. The second-order valence-electron chi connectivity index (χ2n) is 0. The Morgan fingerprint density at radius 1 is 0.500 bits per heavy atom. The summed E-state index contributed by atoms with van der Waals surface area (Å²) in [5.74, 6) is 0. The van der Waals surface area contributed by atoms with E-state index in [1.807, 2.05) is 0 Å². The molecule has 0 aliphatic heterocycles. The molecule has 1 radical (unpaired) electrons. The van der Waals surface area contributed by atoms with Crippen LogP contribution in [0.2, 0.25) is 0 Å². The first-order chi connectivity index (χ1) is 0. The van der Waals surface area contributed by atoms with Gasteiger partial charge >= 0.3 is 72.9 Å². The average Bonchev–Trinajstić information content (AvgIpc) is 0. The second kappa shape index (κ2) is 269. The van der Waals surface area contributed by atoms with Gasteiger partial charge in [-0.05, 0) is 0 Å². The van der Waals surface area contributed by atoms with Crippen LogP contribution in [0.15, 0.2) is 0 Å². The third-order valence-electron chi connectivity index (χ3n) is 0. The minimum absolute atomic E-state index is 0. The third-order valence-corrected chi connectivity index (χ3v) is 0. The summed E-state index contributed by atoms with van der Waals surface area (Å²) in [6.45, 7) is 0. The summed E-state index contributed by atoms with van der Waals surface area (Å²) >= 11 is 0. The summed E-state index contributed by atoms with van der Waals surface area (Å²) in [6.07, 6.45) is 0. The molecule has 0 bridgehead atoms. The molecule has 0 aromatic heterocycles. The predicted molar refractivity (Wildman–Crippen MR) is 9.87 cm³/mol. The molecule has 0 unspecified atom stereocenters. The molecule has 0 spiro atoms. The molecule has 6 nitrogen and oxygen atoms in total. The molecule has 0 N–H and O–H groups in total. The zero-order valence-electron chi connectivity index (χ0n) is 4.25. The summed E-state index contributed by atoms with van der Waals surface area (Å²) in [4.78, 5) is 0. The minimum atomic E-state index is 0. The first kappa shape index (κ1) is 354. The van der Waals surface area contributed by atoms with Gasteiger partial charge in [0.2, 0.25) is 0 Å². The van der Waals surface area contributed by atoms with Crippen LogP contribution < -0.4 is 0 Å². The SMILES string of the molecule is [Al+3].[Cr+3].[Ni+2].[O-2].[O-2].[O-2].[O-2].[O-2].[O-2].[Ti+4]. The van der Waals surface area contributed by atoms with E-state index < -0.39 is 0 Å². The van der Waals surface area contributed by atoms with Gasteiger partial charge in [0.15, 0.2) is 0 Å². The van der Waals surface area contributed by atoms with Gasteiger partial charge in [-0.15, -0.1) is 0 Å². The molecule has 0 aliphatic carbocycles. The maximum atomic E-state index is 0. The van der Waals surface area contributed by atoms with Gasteiger partial charge in [-0.2, -0.15) is 0 Å². The van der Waals surface area contributed by atoms with E-state index in [0.717, 1.165) is 0 Å². The third kappa shape index (κ3) is 198. The van der Waals surface area contributed by atoms with Crippen LogP contribution in [0.3, 0.4) is 0 Å². The molecule has 59 valence electrons. The fourth-order valence-electron chi connectivity index (χ4n) is 0. The Balaban J connectivity index is 0. The standard InChI is InChI=1S/Al.Cr.Ni.6O.Ti/q2*+3;+2;6*-2;+4. The molecule has 0 rings (SSSR count). The van der Waals surface area contributed by atoms with Crippen molar-refractivity contribution in [2.24, 2.45) is 0 Å². The molecule has 10 heavy (non-hydrogen) atoms. The van der Waals surface area contributed by atoms with Gasteiger partial charge in [0.1, 0.15) is 0 Å². The van der Waals surface area contributed by atoms with Crippen LogP contribution in [-0.4, -0.2) is 17.4 Å². The van der Waals surface area contributed by atoms with Gasteiger partial charge in [-0.1, -0.05) is 0 Å². The van der Waals surface area contributed by atoms with Gasteiger partial charge in [-0.25, -0.2) is 0 Å². The Morgan fingerprint density at radius 3 is 0.500 bits per heavy atom. The Labute approximate surface area is 105 Å². The van der Waals surface area contributed by atoms with Crippen LogP contribution in [0.4, 0.5) is 0 Å². The van der Waals surface area contributed by atoms with Crippen molar-refractivity contribution in [1.82, 2.24) is 0 Å². The van der Waals surface area contributed by atoms with Gasteiger partial charge < -0.3 is 32.9 Å². The maximum Gasteiger partial charge on any atom is 4.00 e. The number of hydrogen-bond acceptors (Lipinski definition) is 0. The van der Waals surface area contributed by atoms with E-state index in [2.05, 4.69) is 0 Å². The van der Waals surface area contributed by atoms with E-state index in [1.165, 1.54) is 0 Å². The van der Waals surface area contributed by atoms with Crippen molar-refractivity contribution in [2.75, 3.05) is 0 Å². The molecule has 0 aliphatic rings. The van der Waals surface area contributed by atoms with E-state index in [-0.39, 0.29) is 106 Å². The average molecular weight is 282 g/mol. The van der Waals surface area contributed by atoms with Crippen molar-refractivity contribution in [2.45, 2.75) is 0 Å². The summed E-state index contributed by atoms with van der Waals surface area (Å²) in [5.41, 5.74) is 0. The molecule has 0 atom stereocenters. The molecule has 10 heteroatoms. The zero-order valence-corrected chi connectivity index (χ0v) is 9.23. The van der Waals surface area contributed by atoms with Gasteiger partial charge in [0, 0.05) is 0 Å². The van der Waals surface area contributed by atoms with Crippen LogP contribution in [0.25, 0.3) is 0 Å². The van der Waals surface area contributed by atoms with E-state index in [4.69, 9.17) is 0 Å². The molecule has 0 saturated heterocycles. The fourth-order valence-corrected chi connectivity index (χ4v) is 0. The van der Waals surface area contributed by atoms with Crippen molar-refractivity contribution < 1.29 is 88.4 Å². The largest absolute Gasteiger partial charge is 4.00 e. The summed E-state index contributed by atoms with van der Waals surface area (Å²) in [6, 6.07) is 0. The van der Waals surface area contributed by atoms with Crippen LogP contribution in [0.1, 0.15) is 0 Å². The van der Waals surface area contributed by atoms with Crippen LogP contribution >= 0.6 is 0 Å². The number of rotatable bonds is 0. The molecule has 0 saturated carbocycles. The van der Waals surface area contributed by atoms with Crippen LogP contribution in [0.5, 0.6) is 0 Å². The normalized spacial score (nSPS) is 0. The maximum absolute atomic E-state index is 0. The zero-order chi connectivity index (χ0) is 0. The number of hydrogen-bond donors (Lipinski definition) is 0. The van der Waals surface area contributed by atoms with E-state index in [1.54, 1.807) is 0 Å². The van der Waals surface area contributed by atoms with Crippen molar-refractivity contribution in [1.29, 1.82) is 0 Å². The van der Waals surface area contributed by atoms with E-state index in [9.17, 15) is 0 Å². The predicted octanol–water partition coefficient (Wildman–Crippen LogP) is -1.10. The van der Waals surface area contributed by atoms with Gasteiger partial charge in [0.25, 0.3) is 0 Å². The summed E-state index contributed by atoms with van der Waals surface area (Å²) < 4.78 is 0. The molecular formula is AlCrNiO6Ti. The van der Waals surface area contributed by atoms with Gasteiger partial charge in [-0.3, -0.25) is 0 Å². The van der Waals surface area contributed by atoms with Gasteiger partial charge in [0.05, 0.1) is 0 Å². The van der Waals surface area contributed by atoms with Crippen molar-refractivity contribution in [3.8, 4) is 0 Å². The monoisotopic (exact) mass is 281 g/mol. The smallest absolute Gasteiger partial charge is 2.00 e. The van der Waals surface area contributed by atoms with Crippen molar-refractivity contribution in [3.05, 3.63) is 0 Å². The summed E-state index contributed by atoms with van der Waals surface area (Å²) in [5, 5.41) is 0. The van der Waals surface area contributed by atoms with Crippen molar-refractivity contribution >= 4 is 17.4 Å². The molecule has 0 aromatic rings. The topological polar surface area (TPSA) is 171 Å². The quantitative estimate of drug-likeness (QED) is 0.491. The Kier molecular flexibility index (Phi) is 9530. The molecule has 0 aromatic carbocycles. The van der Waals surface area contributed by atoms with E-state index in [0.29, 0.717) is 0 Å². The van der Waals surface area contributed by atoms with Crippen molar-refractivity contribution in [3.63, 3.8) is 0 Å². The van der Waals surface area contributed by atoms with Crippen LogP contribution in [-0.2, 0) is 88.4 Å². The Bertz CT molecular complexity index is 17.7. The first-order valence-electron chi connectivity index (χ1n) is 0. The molecule has 0 amide bonds. The Morgan fingerprint density at radius 2 is 0.500 bits per heavy atom. The fraction of sp³-hybridized carbons (Fsp3) is 0. The Hall–Kier alpha value is 2.03. The van der Waals surface area contributed by atoms with E-state index >= 15 is 0 Å². The summed E-state index contributed by atoms with van der Waals surface area (Å²) in [7, 11) is 0. The minimum Gasteiger partial charge on any atom is -2.00 e. The molecular weight excluding hydrogens is 282 g/mol. The first-order valence-corrected chi connectivity index (χ1v) is 0. The van der Waals surface area contributed by atoms with Crippen LogP contribution in [0, 0.1) is 0 Å².